The maximum atomic E-state index is 11.4. The zero-order chi connectivity index (χ0) is 25.4. The first-order valence-electron chi connectivity index (χ1n) is 9.91. The van der Waals surface area contributed by atoms with E-state index in [1.807, 2.05) is 0 Å². The van der Waals surface area contributed by atoms with Gasteiger partial charge in [-0.2, -0.15) is 14.6 Å². The highest BCUT2D eigenvalue weighted by atomic mass is 16.6. The predicted molar refractivity (Wildman–Crippen MR) is 114 cm³/mol. The van der Waals surface area contributed by atoms with E-state index in [0.717, 1.165) is 9.08 Å². The third-order valence-electron chi connectivity index (χ3n) is 5.12. The molecule has 1 saturated heterocycles. The van der Waals surface area contributed by atoms with Crippen LogP contribution in [0.1, 0.15) is 16.7 Å². The van der Waals surface area contributed by atoms with E-state index in [-0.39, 0.29) is 23.2 Å². The van der Waals surface area contributed by atoms with Gasteiger partial charge in [-0.05, 0) is 0 Å². The van der Waals surface area contributed by atoms with Gasteiger partial charge in [-0.25, -0.2) is 19.2 Å². The Balaban J connectivity index is 0.000000179. The number of rotatable bonds is 4. The number of amides is 1. The van der Waals surface area contributed by atoms with Crippen molar-refractivity contribution >= 4 is 28.7 Å². The Morgan fingerprint density at radius 2 is 1.94 bits per heavy atom. The molecule has 0 aliphatic carbocycles. The molecule has 35 heavy (non-hydrogen) atoms. The smallest absolute Gasteiger partial charge is 0.352 e. The minimum atomic E-state index is -1.23. The molecule has 0 saturated carbocycles. The number of anilines is 1. The molecule has 0 aromatic carbocycles. The summed E-state index contributed by atoms with van der Waals surface area (Å²) < 4.78 is 14.1. The Morgan fingerprint density at radius 1 is 1.20 bits per heavy atom. The second-order valence-corrected chi connectivity index (χ2v) is 7.29. The largest absolute Gasteiger partial charge is 0.479 e. The van der Waals surface area contributed by atoms with Gasteiger partial charge in [-0.15, -0.1) is 5.10 Å². The number of fused-ring (bicyclic) bond motifs is 2. The quantitative estimate of drug-likeness (QED) is 0.182. The van der Waals surface area contributed by atoms with Crippen LogP contribution in [0.3, 0.4) is 0 Å². The van der Waals surface area contributed by atoms with E-state index in [9.17, 15) is 19.8 Å². The molecule has 5 rings (SSSR count). The number of nitrogens with two attached hydrogens (primary N) is 2. The summed E-state index contributed by atoms with van der Waals surface area (Å²) in [4.78, 5) is 38.0. The lowest BCUT2D eigenvalue weighted by Crippen LogP contribution is -2.33. The zero-order valence-electron chi connectivity index (χ0n) is 18.3. The van der Waals surface area contributed by atoms with E-state index in [2.05, 4.69) is 30.2 Å². The van der Waals surface area contributed by atoms with E-state index in [1.165, 1.54) is 31.4 Å². The number of carbonyl (C=O) groups is 1. The monoisotopic (exact) mass is 491 g/mol. The number of aryl methyl sites for hydroxylation is 1. The van der Waals surface area contributed by atoms with E-state index < -0.39 is 42.7 Å². The van der Waals surface area contributed by atoms with Gasteiger partial charge in [0.1, 0.15) is 24.6 Å². The lowest BCUT2D eigenvalue weighted by Gasteiger charge is -2.16. The number of ether oxygens (including phenoxy) is 2. The van der Waals surface area contributed by atoms with Crippen LogP contribution in [0.25, 0.3) is 16.8 Å². The predicted octanol–water partition coefficient (Wildman–Crippen LogP) is -4.05. The van der Waals surface area contributed by atoms with Crippen molar-refractivity contribution in [1.82, 2.24) is 43.9 Å². The number of aliphatic hydroxyl groups is 3. The van der Waals surface area contributed by atoms with Gasteiger partial charge in [-0.1, -0.05) is 5.21 Å². The van der Waals surface area contributed by atoms with Crippen molar-refractivity contribution in [3.63, 3.8) is 0 Å². The van der Waals surface area contributed by atoms with E-state index in [4.69, 9.17) is 26.0 Å². The third-order valence-corrected chi connectivity index (χ3v) is 5.12. The van der Waals surface area contributed by atoms with E-state index in [1.54, 1.807) is 0 Å². The number of hydrogen-bond donors (Lipinski definition) is 5. The van der Waals surface area contributed by atoms with Crippen molar-refractivity contribution in [1.29, 1.82) is 0 Å². The summed E-state index contributed by atoms with van der Waals surface area (Å²) in [6.45, 7) is -0.415. The van der Waals surface area contributed by atoms with Gasteiger partial charge in [-0.3, -0.25) is 9.36 Å². The molecule has 18 heteroatoms. The normalized spacial score (nSPS) is 21.7. The number of hydrogen-bond acceptors (Lipinski definition) is 14. The minimum Gasteiger partial charge on any atom is -0.479 e. The molecule has 1 fully saturated rings. The number of nitrogen functional groups attached to an aromatic ring is 1. The molecule has 1 amide bonds. The number of nitrogens with zero attached hydrogens (tertiary/aromatic N) is 9. The summed E-state index contributed by atoms with van der Waals surface area (Å²) >= 11 is 0. The lowest BCUT2D eigenvalue weighted by atomic mass is 10.1. The van der Waals surface area contributed by atoms with Crippen molar-refractivity contribution in [2.45, 2.75) is 24.5 Å². The second-order valence-electron chi connectivity index (χ2n) is 7.29. The molecule has 1 aliphatic heterocycles. The van der Waals surface area contributed by atoms with Crippen molar-refractivity contribution in [2.75, 3.05) is 19.5 Å². The van der Waals surface area contributed by atoms with Crippen LogP contribution in [0.2, 0.25) is 0 Å². The van der Waals surface area contributed by atoms with E-state index >= 15 is 0 Å². The Labute approximate surface area is 194 Å². The average Bonchev–Trinajstić information content (AvgIpc) is 3.53. The summed E-state index contributed by atoms with van der Waals surface area (Å²) in [5.41, 5.74) is 10.9. The number of methoxy groups -OCH3 is 1. The zero-order valence-corrected chi connectivity index (χ0v) is 18.3. The highest BCUT2D eigenvalue weighted by Crippen LogP contribution is 2.32. The van der Waals surface area contributed by atoms with Crippen molar-refractivity contribution < 1.29 is 29.6 Å². The van der Waals surface area contributed by atoms with E-state index in [0.29, 0.717) is 11.2 Å². The molecule has 5 heterocycles. The Kier molecular flexibility index (Phi) is 6.26. The average molecular weight is 491 g/mol. The third kappa shape index (κ3) is 4.10. The fraction of sp³-hybridized carbons (Fsp3) is 0.412. The van der Waals surface area contributed by atoms with Crippen LogP contribution in [0.15, 0.2) is 17.4 Å². The maximum absolute atomic E-state index is 11.4. The Morgan fingerprint density at radius 3 is 2.57 bits per heavy atom. The van der Waals surface area contributed by atoms with Gasteiger partial charge in [0.2, 0.25) is 11.8 Å². The van der Waals surface area contributed by atoms with Gasteiger partial charge in [0.25, 0.3) is 5.91 Å². The summed E-state index contributed by atoms with van der Waals surface area (Å²) in [5, 5.41) is 36.1. The molecule has 0 spiro atoms. The van der Waals surface area contributed by atoms with Gasteiger partial charge < -0.3 is 36.3 Å². The molecule has 4 atom stereocenters. The summed E-state index contributed by atoms with van der Waals surface area (Å²) in [6, 6.07) is 0. The van der Waals surface area contributed by atoms with Gasteiger partial charge in [0.15, 0.2) is 28.7 Å². The lowest BCUT2D eigenvalue weighted by molar-refractivity contribution is -0.0511. The molecule has 0 unspecified atom stereocenters. The molecule has 4 aromatic rings. The summed E-state index contributed by atoms with van der Waals surface area (Å²) in [7, 11) is 2.87. The fourth-order valence-electron chi connectivity index (χ4n) is 3.40. The Hall–Kier alpha value is -4.26. The summed E-state index contributed by atoms with van der Waals surface area (Å²) in [5.74, 6) is -0.564. The van der Waals surface area contributed by atoms with Crippen molar-refractivity contribution in [3.8, 4) is 5.88 Å². The molecule has 4 aromatic heterocycles. The standard InChI is InChI=1S/C11H15N5O5.C6H6N6O2/c1-20-9-5-8(14-11(12)15-9)16(3-13-5)10-7(19)6(18)4(2-17)21-10;1-11-6(14)12-2-8-3(4(7)13)5(12)9-10-11/h3-4,6-7,10,17-19H,2H2,1H3,(H2,12,14,15);2H,1H3,(H2,7,13)/t4-,6-,7+,10-;/m1./s1. The number of aliphatic hydroxyl groups excluding tert-OH is 3. The SMILES string of the molecule is COc1nc(N)nc2c1ncn2[C@@H]1O[C@H](CO)[C@@H](O)[C@@H]1O.Cn1nnc2c(C(N)=O)ncn2c1=O. The number of carbonyl (C=O) groups excluding carboxylic acids is 1. The molecular weight excluding hydrogens is 470 g/mol. The second kappa shape index (κ2) is 9.18. The fourth-order valence-corrected chi connectivity index (χ4v) is 3.40. The van der Waals surface area contributed by atoms with Crippen molar-refractivity contribution in [2.24, 2.45) is 12.8 Å². The van der Waals surface area contributed by atoms with Crippen LogP contribution in [-0.4, -0.2) is 97.2 Å². The van der Waals surface area contributed by atoms with Crippen LogP contribution in [0.5, 0.6) is 5.88 Å². The van der Waals surface area contributed by atoms with Crippen LogP contribution >= 0.6 is 0 Å². The first kappa shape index (κ1) is 23.9. The van der Waals surface area contributed by atoms with Crippen LogP contribution in [0, 0.1) is 0 Å². The number of aromatic nitrogens is 9. The number of primary amides is 1. The van der Waals surface area contributed by atoms with Gasteiger partial charge in [0, 0.05) is 7.05 Å². The summed E-state index contributed by atoms with van der Waals surface area (Å²) in [6.07, 6.45) is -1.71. The van der Waals surface area contributed by atoms with Crippen LogP contribution in [0.4, 0.5) is 5.95 Å². The highest BCUT2D eigenvalue weighted by Gasteiger charge is 2.44. The Bertz CT molecular complexity index is 1450. The first-order valence-corrected chi connectivity index (χ1v) is 9.91. The highest BCUT2D eigenvalue weighted by molar-refractivity contribution is 5.96. The minimum absolute atomic E-state index is 0.0205. The number of imidazole rings is 2. The molecule has 1 aliphatic rings. The molecular formula is C17H21N11O7. The van der Waals surface area contributed by atoms with Crippen molar-refractivity contribution in [3.05, 3.63) is 28.8 Å². The molecule has 0 bridgehead atoms. The maximum Gasteiger partial charge on any atom is 0.352 e. The van der Waals surface area contributed by atoms with Gasteiger partial charge >= 0.3 is 5.69 Å². The molecule has 7 N–H and O–H groups in total. The molecule has 18 nitrogen and oxygen atoms in total. The van der Waals surface area contributed by atoms with Crippen LogP contribution < -0.4 is 21.9 Å². The van der Waals surface area contributed by atoms with Crippen LogP contribution in [-0.2, 0) is 11.8 Å². The molecule has 0 radical (unpaired) electrons. The van der Waals surface area contributed by atoms with Gasteiger partial charge in [0.05, 0.1) is 20.0 Å². The topological polar surface area (TPSA) is 257 Å². The first-order chi connectivity index (χ1) is 16.7. The molecule has 186 valence electrons.